The van der Waals surface area contributed by atoms with Crippen LogP contribution in [0.2, 0.25) is 0 Å². The van der Waals surface area contributed by atoms with Crippen LogP contribution in [-0.2, 0) is 6.42 Å². The summed E-state index contributed by atoms with van der Waals surface area (Å²) in [6.07, 6.45) is 0.735. The number of nitrogens with zero attached hydrogens (tertiary/aromatic N) is 3. The van der Waals surface area contributed by atoms with Crippen LogP contribution in [0.4, 0.5) is 17.5 Å². The summed E-state index contributed by atoms with van der Waals surface area (Å²) in [6.45, 7) is 3.52. The van der Waals surface area contributed by atoms with E-state index in [0.29, 0.717) is 17.6 Å². The van der Waals surface area contributed by atoms with Crippen molar-refractivity contribution in [1.82, 2.24) is 9.97 Å². The van der Waals surface area contributed by atoms with Gasteiger partial charge in [-0.05, 0) is 24.1 Å². The number of halogens is 4. The van der Waals surface area contributed by atoms with Crippen LogP contribution in [0.25, 0.3) is 11.1 Å². The van der Waals surface area contributed by atoms with E-state index in [9.17, 15) is 0 Å². The third-order valence-corrected chi connectivity index (χ3v) is 3.93. The molecule has 0 aliphatic carbocycles. The third-order valence-electron chi connectivity index (χ3n) is 3.59. The number of benzene rings is 1. The number of aryl methyl sites for hydroxylation is 1. The Morgan fingerprint density at radius 2 is 1.52 bits per heavy atom. The molecule has 1 aromatic heterocycles. The second kappa shape index (κ2) is 11.5. The van der Waals surface area contributed by atoms with Crippen molar-refractivity contribution in [3.8, 4) is 11.1 Å². The maximum Gasteiger partial charge on any atom is 0.222 e. The van der Waals surface area contributed by atoms with Crippen molar-refractivity contribution in [2.75, 3.05) is 41.2 Å². The Morgan fingerprint density at radius 1 is 0.960 bits per heavy atom. The summed E-state index contributed by atoms with van der Waals surface area (Å²) in [6, 6.07) is 8.08. The highest BCUT2D eigenvalue weighted by Gasteiger charge is 2.13. The van der Waals surface area contributed by atoms with Gasteiger partial charge >= 0.3 is 0 Å². The minimum absolute atomic E-state index is 0. The van der Waals surface area contributed by atoms with Gasteiger partial charge in [0, 0.05) is 36.1 Å². The normalized spacial score (nSPS) is 9.88. The van der Waals surface area contributed by atoms with Crippen LogP contribution in [0, 0.1) is 0 Å². The maximum absolute atomic E-state index is 6.05. The Bertz CT molecular complexity index is 646. The predicted octanol–water partition coefficient (Wildman–Crippen LogP) is 4.00. The molecule has 9 heteroatoms. The van der Waals surface area contributed by atoms with E-state index in [4.69, 9.17) is 34.7 Å². The van der Waals surface area contributed by atoms with Crippen molar-refractivity contribution in [1.29, 1.82) is 0 Å². The fourth-order valence-corrected chi connectivity index (χ4v) is 2.94. The SMILES string of the molecule is CCc1nc(N)nc(N)c1-c1ccc(N(CCCl)CCCl)cc1.Cl.Cl. The zero-order valence-electron chi connectivity index (χ0n) is 13.9. The first-order chi connectivity index (χ1) is 11.1. The van der Waals surface area contributed by atoms with Crippen molar-refractivity contribution in [3.63, 3.8) is 0 Å². The van der Waals surface area contributed by atoms with Crippen LogP contribution < -0.4 is 16.4 Å². The Hall–Kier alpha value is -1.14. The zero-order chi connectivity index (χ0) is 16.8. The minimum atomic E-state index is 0. The van der Waals surface area contributed by atoms with Crippen LogP contribution in [0.5, 0.6) is 0 Å². The highest BCUT2D eigenvalue weighted by atomic mass is 35.5. The van der Waals surface area contributed by atoms with E-state index >= 15 is 0 Å². The molecular weight excluding hydrogens is 404 g/mol. The summed E-state index contributed by atoms with van der Waals surface area (Å²) in [4.78, 5) is 10.5. The summed E-state index contributed by atoms with van der Waals surface area (Å²) in [7, 11) is 0. The molecule has 0 bridgehead atoms. The van der Waals surface area contributed by atoms with Crippen molar-refractivity contribution < 1.29 is 0 Å². The summed E-state index contributed by atoms with van der Waals surface area (Å²) < 4.78 is 0. The van der Waals surface area contributed by atoms with Crippen LogP contribution in [0.3, 0.4) is 0 Å². The fourth-order valence-electron chi connectivity index (χ4n) is 2.53. The molecule has 5 nitrogen and oxygen atoms in total. The summed E-state index contributed by atoms with van der Waals surface area (Å²) in [5, 5.41) is 0. The average Bonchev–Trinajstić information content (AvgIpc) is 2.54. The zero-order valence-corrected chi connectivity index (χ0v) is 17.1. The van der Waals surface area contributed by atoms with Gasteiger partial charge in [0.2, 0.25) is 5.95 Å². The largest absolute Gasteiger partial charge is 0.383 e. The predicted molar refractivity (Wildman–Crippen MR) is 114 cm³/mol. The lowest BCUT2D eigenvalue weighted by molar-refractivity contribution is 0.874. The standard InChI is InChI=1S/C16H21Cl2N5.2ClH/c1-2-13-14(15(19)22-16(20)21-13)11-3-5-12(6-4-11)23(9-7-17)10-8-18;;/h3-6H,2,7-10H2,1H3,(H4,19,20,21,22);2*1H. The molecular formula is C16H23Cl4N5. The molecule has 0 aliphatic rings. The summed E-state index contributed by atoms with van der Waals surface area (Å²) in [5.41, 5.74) is 15.5. The third kappa shape index (κ3) is 5.96. The van der Waals surface area contributed by atoms with E-state index in [-0.39, 0.29) is 30.8 Å². The molecule has 25 heavy (non-hydrogen) atoms. The lowest BCUT2D eigenvalue weighted by atomic mass is 10.0. The number of hydrogen-bond acceptors (Lipinski definition) is 5. The van der Waals surface area contributed by atoms with Crippen LogP contribution in [0.15, 0.2) is 24.3 Å². The second-order valence-corrected chi connectivity index (χ2v) is 5.81. The molecule has 0 amide bonds. The molecule has 0 atom stereocenters. The minimum Gasteiger partial charge on any atom is -0.383 e. The molecule has 1 heterocycles. The first kappa shape index (κ1) is 23.9. The van der Waals surface area contributed by atoms with E-state index < -0.39 is 0 Å². The Kier molecular flexibility index (Phi) is 10.9. The van der Waals surface area contributed by atoms with Gasteiger partial charge in [0.05, 0.1) is 5.69 Å². The number of hydrogen-bond donors (Lipinski definition) is 2. The number of aromatic nitrogens is 2. The molecule has 2 rings (SSSR count). The fraction of sp³-hybridized carbons (Fsp3) is 0.375. The van der Waals surface area contributed by atoms with Gasteiger partial charge in [0.15, 0.2) is 0 Å². The number of rotatable bonds is 7. The van der Waals surface area contributed by atoms with Crippen LogP contribution in [-0.4, -0.2) is 34.8 Å². The molecule has 0 aliphatic heterocycles. The molecule has 2 aromatic rings. The molecule has 0 spiro atoms. The first-order valence-electron chi connectivity index (χ1n) is 7.49. The molecule has 0 unspecified atom stereocenters. The second-order valence-electron chi connectivity index (χ2n) is 5.05. The van der Waals surface area contributed by atoms with Crippen molar-refractivity contribution in [3.05, 3.63) is 30.0 Å². The van der Waals surface area contributed by atoms with Gasteiger partial charge in [-0.3, -0.25) is 0 Å². The van der Waals surface area contributed by atoms with E-state index in [2.05, 4.69) is 14.9 Å². The monoisotopic (exact) mass is 425 g/mol. The van der Waals surface area contributed by atoms with Crippen LogP contribution in [0.1, 0.15) is 12.6 Å². The Balaban J connectivity index is 0.00000288. The molecule has 1 aromatic carbocycles. The highest BCUT2D eigenvalue weighted by Crippen LogP contribution is 2.30. The van der Waals surface area contributed by atoms with E-state index in [1.165, 1.54) is 0 Å². The number of anilines is 3. The summed E-state index contributed by atoms with van der Waals surface area (Å²) in [5.74, 6) is 1.71. The summed E-state index contributed by atoms with van der Waals surface area (Å²) >= 11 is 11.7. The van der Waals surface area contributed by atoms with Gasteiger partial charge in [-0.2, -0.15) is 4.98 Å². The molecule has 0 fully saturated rings. The molecule has 0 saturated heterocycles. The average molecular weight is 427 g/mol. The van der Waals surface area contributed by atoms with Gasteiger partial charge < -0.3 is 16.4 Å². The lowest BCUT2D eigenvalue weighted by Crippen LogP contribution is -2.27. The quantitative estimate of drug-likeness (QED) is 0.654. The number of nitrogen functional groups attached to an aromatic ring is 2. The van der Waals surface area contributed by atoms with Gasteiger partial charge in [-0.25, -0.2) is 4.98 Å². The topological polar surface area (TPSA) is 81.1 Å². The highest BCUT2D eigenvalue weighted by molar-refractivity contribution is 6.18. The van der Waals surface area contributed by atoms with E-state index in [1.807, 2.05) is 31.2 Å². The van der Waals surface area contributed by atoms with Gasteiger partial charge in [-0.1, -0.05) is 19.1 Å². The Morgan fingerprint density at radius 3 is 2.00 bits per heavy atom. The first-order valence-corrected chi connectivity index (χ1v) is 8.56. The van der Waals surface area contributed by atoms with Gasteiger partial charge in [-0.15, -0.1) is 48.0 Å². The van der Waals surface area contributed by atoms with E-state index in [0.717, 1.165) is 42.0 Å². The van der Waals surface area contributed by atoms with Gasteiger partial charge in [0.25, 0.3) is 0 Å². The molecule has 0 saturated carbocycles. The van der Waals surface area contributed by atoms with E-state index in [1.54, 1.807) is 0 Å². The molecule has 0 radical (unpaired) electrons. The van der Waals surface area contributed by atoms with Crippen molar-refractivity contribution >= 4 is 65.5 Å². The van der Waals surface area contributed by atoms with Crippen molar-refractivity contribution in [2.45, 2.75) is 13.3 Å². The maximum atomic E-state index is 6.05. The van der Waals surface area contributed by atoms with Gasteiger partial charge in [0.1, 0.15) is 5.82 Å². The Labute approximate surface area is 170 Å². The smallest absolute Gasteiger partial charge is 0.222 e. The molecule has 140 valence electrons. The van der Waals surface area contributed by atoms with Crippen molar-refractivity contribution in [2.24, 2.45) is 0 Å². The molecule has 4 N–H and O–H groups in total. The number of alkyl halides is 2. The number of nitrogens with two attached hydrogens (primary N) is 2. The lowest BCUT2D eigenvalue weighted by Gasteiger charge is -2.23. The van der Waals surface area contributed by atoms with Crippen LogP contribution >= 0.6 is 48.0 Å².